The molecule has 7 heteroatoms. The fourth-order valence-corrected chi connectivity index (χ4v) is 0.900. The van der Waals surface area contributed by atoms with E-state index in [4.69, 9.17) is 19.9 Å². The molecule has 0 aliphatic heterocycles. The molecule has 67 valence electrons. The minimum Gasteiger partial charge on any atom is -0.390 e. The molecule has 0 saturated carbocycles. The monoisotopic (exact) mass is 185 g/mol. The molecule has 0 heterocycles. The van der Waals surface area contributed by atoms with Crippen molar-refractivity contribution >= 4 is 10.1 Å². The Labute approximate surface area is 63.8 Å². The third kappa shape index (κ3) is 3.12. The smallest absolute Gasteiger partial charge is 0.294 e. The second kappa shape index (κ2) is 3.46. The lowest BCUT2D eigenvalue weighted by Crippen LogP contribution is -2.40. The zero-order valence-corrected chi connectivity index (χ0v) is 6.27. The summed E-state index contributed by atoms with van der Waals surface area (Å²) >= 11 is 0. The maximum absolute atomic E-state index is 10.1. The normalized spacial score (nSPS) is 20.8. The van der Waals surface area contributed by atoms with Crippen molar-refractivity contribution in [1.29, 1.82) is 0 Å². The summed E-state index contributed by atoms with van der Waals surface area (Å²) in [4.78, 5) is 0. The molecule has 0 aromatic heterocycles. The minimum absolute atomic E-state index is 1.67. The van der Waals surface area contributed by atoms with Gasteiger partial charge in [-0.15, -0.1) is 0 Å². The van der Waals surface area contributed by atoms with Gasteiger partial charge >= 0.3 is 0 Å². The molecule has 0 aromatic carbocycles. The van der Waals surface area contributed by atoms with Crippen molar-refractivity contribution in [2.75, 3.05) is 0 Å². The molecule has 3 atom stereocenters. The van der Waals surface area contributed by atoms with Crippen molar-refractivity contribution in [3.05, 3.63) is 6.92 Å². The van der Waals surface area contributed by atoms with E-state index in [1.165, 1.54) is 0 Å². The van der Waals surface area contributed by atoms with Gasteiger partial charge in [0.25, 0.3) is 10.1 Å². The average Bonchev–Trinajstić information content (AvgIpc) is 1.82. The zero-order valence-electron chi connectivity index (χ0n) is 5.45. The Bertz CT molecular complexity index is 207. The Kier molecular flexibility index (Phi) is 3.39. The Balaban J connectivity index is 4.38. The van der Waals surface area contributed by atoms with E-state index in [1.54, 1.807) is 0 Å². The van der Waals surface area contributed by atoms with Gasteiger partial charge in [0.1, 0.15) is 6.10 Å². The quantitative estimate of drug-likeness (QED) is 0.369. The van der Waals surface area contributed by atoms with Crippen LogP contribution in [0.1, 0.15) is 0 Å². The highest BCUT2D eigenvalue weighted by atomic mass is 32.2. The first-order valence-corrected chi connectivity index (χ1v) is 4.10. The molecule has 0 aliphatic rings. The summed E-state index contributed by atoms with van der Waals surface area (Å²) < 4.78 is 28.3. The molecule has 0 amide bonds. The Hall–Kier alpha value is -0.210. The maximum Gasteiger partial charge on any atom is 0.294 e. The third-order valence-electron chi connectivity index (χ3n) is 0.992. The van der Waals surface area contributed by atoms with E-state index in [-0.39, 0.29) is 0 Å². The van der Waals surface area contributed by atoms with Crippen LogP contribution in [0.25, 0.3) is 0 Å². The molecule has 1 radical (unpaired) electrons. The summed E-state index contributed by atoms with van der Waals surface area (Å²) in [6.45, 7) is 2.84. The van der Waals surface area contributed by atoms with Gasteiger partial charge in [-0.25, -0.2) is 0 Å². The number of hydrogen-bond acceptors (Lipinski definition) is 5. The van der Waals surface area contributed by atoms with E-state index in [0.29, 0.717) is 0 Å². The van der Waals surface area contributed by atoms with Gasteiger partial charge in [0.05, 0.1) is 6.10 Å². The Morgan fingerprint density at radius 3 is 1.64 bits per heavy atom. The summed E-state index contributed by atoms with van der Waals surface area (Å²) in [6, 6.07) is 0. The van der Waals surface area contributed by atoms with Gasteiger partial charge in [0.2, 0.25) is 5.44 Å². The first-order valence-electron chi connectivity index (χ1n) is 2.60. The fourth-order valence-electron chi connectivity index (χ4n) is 0.366. The van der Waals surface area contributed by atoms with E-state index >= 15 is 0 Å². The van der Waals surface area contributed by atoms with Gasteiger partial charge in [0, 0.05) is 0 Å². The van der Waals surface area contributed by atoms with Crippen LogP contribution < -0.4 is 0 Å². The molecule has 0 aromatic rings. The molecule has 0 saturated heterocycles. The third-order valence-corrected chi connectivity index (χ3v) is 1.88. The van der Waals surface area contributed by atoms with Crippen LogP contribution in [-0.4, -0.2) is 45.9 Å². The molecule has 6 nitrogen and oxygen atoms in total. The molecule has 0 aliphatic carbocycles. The summed E-state index contributed by atoms with van der Waals surface area (Å²) in [7, 11) is -4.74. The predicted octanol–water partition coefficient (Wildman–Crippen LogP) is -2.25. The first kappa shape index (κ1) is 10.8. The average molecular weight is 185 g/mol. The van der Waals surface area contributed by atoms with Gasteiger partial charge in [0.15, 0.2) is 0 Å². The van der Waals surface area contributed by atoms with E-state index in [1.807, 2.05) is 0 Å². The van der Waals surface area contributed by atoms with Crippen LogP contribution in [0, 0.1) is 6.92 Å². The number of aliphatic hydroxyl groups excluding tert-OH is 3. The van der Waals surface area contributed by atoms with Crippen molar-refractivity contribution in [2.45, 2.75) is 17.6 Å². The van der Waals surface area contributed by atoms with Gasteiger partial charge < -0.3 is 15.3 Å². The molecule has 11 heavy (non-hydrogen) atoms. The van der Waals surface area contributed by atoms with Gasteiger partial charge in [-0.3, -0.25) is 4.55 Å². The van der Waals surface area contributed by atoms with Crippen molar-refractivity contribution in [3.63, 3.8) is 0 Å². The lowest BCUT2D eigenvalue weighted by Gasteiger charge is -2.16. The SMILES string of the molecule is [CH2]C(O)C(O)C(O)S(=O)(=O)O. The van der Waals surface area contributed by atoms with Gasteiger partial charge in [-0.05, 0) is 6.92 Å². The molecule has 0 fully saturated rings. The summed E-state index contributed by atoms with van der Waals surface area (Å²) in [5.41, 5.74) is -2.42. The molecule has 0 spiro atoms. The lowest BCUT2D eigenvalue weighted by atomic mass is 10.2. The van der Waals surface area contributed by atoms with Gasteiger partial charge in [-0.2, -0.15) is 8.42 Å². The van der Waals surface area contributed by atoms with Crippen molar-refractivity contribution < 1.29 is 28.3 Å². The highest BCUT2D eigenvalue weighted by Crippen LogP contribution is 2.04. The molecule has 0 rings (SSSR count). The molecule has 0 bridgehead atoms. The van der Waals surface area contributed by atoms with Crippen LogP contribution in [-0.2, 0) is 10.1 Å². The highest BCUT2D eigenvalue weighted by molar-refractivity contribution is 7.86. The second-order valence-corrected chi connectivity index (χ2v) is 3.48. The lowest BCUT2D eigenvalue weighted by molar-refractivity contribution is -0.0122. The van der Waals surface area contributed by atoms with E-state index in [9.17, 15) is 8.42 Å². The number of hydrogen-bond donors (Lipinski definition) is 4. The fraction of sp³-hybridized carbons (Fsp3) is 0.750. The van der Waals surface area contributed by atoms with E-state index in [0.717, 1.165) is 0 Å². The van der Waals surface area contributed by atoms with Crippen molar-refractivity contribution in [2.24, 2.45) is 0 Å². The molecular formula is C4H9O6S. The minimum atomic E-state index is -4.74. The first-order chi connectivity index (χ1) is 4.76. The van der Waals surface area contributed by atoms with Crippen LogP contribution >= 0.6 is 0 Å². The van der Waals surface area contributed by atoms with Crippen molar-refractivity contribution in [3.8, 4) is 0 Å². The number of aliphatic hydroxyl groups is 3. The van der Waals surface area contributed by atoms with Crippen LogP contribution in [0.3, 0.4) is 0 Å². The standard InChI is InChI=1S/C4H9O6S/c1-2(5)3(6)4(7)11(8,9)10/h2-7H,1H2,(H,8,9,10). The van der Waals surface area contributed by atoms with Crippen LogP contribution in [0.4, 0.5) is 0 Å². The second-order valence-electron chi connectivity index (χ2n) is 1.96. The van der Waals surface area contributed by atoms with Gasteiger partial charge in [-0.1, -0.05) is 0 Å². The van der Waals surface area contributed by atoms with E-state index < -0.39 is 27.8 Å². The van der Waals surface area contributed by atoms with Crippen LogP contribution in [0.15, 0.2) is 0 Å². The summed E-state index contributed by atoms with van der Waals surface area (Å²) in [6.07, 6.45) is -3.68. The Morgan fingerprint density at radius 1 is 1.18 bits per heavy atom. The largest absolute Gasteiger partial charge is 0.390 e. The van der Waals surface area contributed by atoms with Crippen molar-refractivity contribution in [1.82, 2.24) is 0 Å². The predicted molar refractivity (Wildman–Crippen MR) is 34.9 cm³/mol. The van der Waals surface area contributed by atoms with Crippen LogP contribution in [0.5, 0.6) is 0 Å². The molecule has 3 unspecified atom stereocenters. The van der Waals surface area contributed by atoms with Crippen LogP contribution in [0.2, 0.25) is 0 Å². The highest BCUT2D eigenvalue weighted by Gasteiger charge is 2.31. The molecular weight excluding hydrogens is 176 g/mol. The molecule has 4 N–H and O–H groups in total. The zero-order chi connectivity index (χ0) is 9.23. The Morgan fingerprint density at radius 2 is 1.55 bits per heavy atom. The topological polar surface area (TPSA) is 115 Å². The maximum atomic E-state index is 10.1. The number of rotatable bonds is 3. The summed E-state index contributed by atoms with van der Waals surface area (Å²) in [5, 5.41) is 25.6. The summed E-state index contributed by atoms with van der Waals surface area (Å²) in [5.74, 6) is 0. The van der Waals surface area contributed by atoms with E-state index in [2.05, 4.69) is 6.92 Å².